The van der Waals surface area contributed by atoms with Crippen molar-refractivity contribution in [2.24, 2.45) is 28.6 Å². The topological polar surface area (TPSA) is 48.4 Å². The molecule has 1 aromatic rings. The predicted molar refractivity (Wildman–Crippen MR) is 128 cm³/mol. The first-order valence-electron chi connectivity index (χ1n) is 12.8. The number of esters is 1. The van der Waals surface area contributed by atoms with Gasteiger partial charge in [-0.15, -0.1) is 0 Å². The van der Waals surface area contributed by atoms with Gasteiger partial charge in [-0.25, -0.2) is 4.98 Å². The number of nitrogens with zero attached hydrogens (tertiary/aromatic N) is 1. The minimum Gasteiger partial charge on any atom is -0.483 e. The molecule has 4 nitrogen and oxygen atoms in total. The van der Waals surface area contributed by atoms with Crippen molar-refractivity contribution < 1.29 is 14.3 Å². The van der Waals surface area contributed by atoms with E-state index in [9.17, 15) is 4.79 Å². The molecule has 0 aromatic carbocycles. The van der Waals surface area contributed by atoms with Crippen molar-refractivity contribution in [3.8, 4) is 5.06 Å². The van der Waals surface area contributed by atoms with Crippen molar-refractivity contribution in [1.82, 2.24) is 4.98 Å². The molecule has 3 fully saturated rings. The molecule has 5 heteroatoms. The Labute approximate surface area is 197 Å². The fourth-order valence-corrected chi connectivity index (χ4v) is 9.16. The van der Waals surface area contributed by atoms with Gasteiger partial charge in [0.1, 0.15) is 6.10 Å². The minimum atomic E-state index is -0.135. The smallest absolute Gasteiger partial charge is 0.302 e. The fraction of sp³-hybridized carbons (Fsp3) is 0.778. The van der Waals surface area contributed by atoms with Crippen molar-refractivity contribution in [3.05, 3.63) is 22.9 Å². The Morgan fingerprint density at radius 3 is 2.81 bits per heavy atom. The van der Waals surface area contributed by atoms with Crippen LogP contribution in [-0.4, -0.2) is 23.7 Å². The Kier molecular flexibility index (Phi) is 5.92. The number of carbonyl (C=O) groups is 1. The summed E-state index contributed by atoms with van der Waals surface area (Å²) < 4.78 is 11.5. The second kappa shape index (κ2) is 8.45. The van der Waals surface area contributed by atoms with E-state index in [0.29, 0.717) is 16.7 Å². The molecule has 4 aliphatic carbocycles. The normalized spacial score (nSPS) is 40.6. The Morgan fingerprint density at radius 1 is 1.19 bits per heavy atom. The first-order chi connectivity index (χ1) is 15.3. The maximum absolute atomic E-state index is 11.5. The van der Waals surface area contributed by atoms with Gasteiger partial charge < -0.3 is 9.47 Å². The zero-order valence-corrected chi connectivity index (χ0v) is 21.0. The van der Waals surface area contributed by atoms with Gasteiger partial charge in [0.2, 0.25) is 0 Å². The summed E-state index contributed by atoms with van der Waals surface area (Å²) in [5.41, 5.74) is 2.23. The van der Waals surface area contributed by atoms with E-state index in [-0.39, 0.29) is 12.1 Å². The third kappa shape index (κ3) is 3.63. The van der Waals surface area contributed by atoms with Gasteiger partial charge >= 0.3 is 5.97 Å². The second-order valence-corrected chi connectivity index (χ2v) is 12.3. The summed E-state index contributed by atoms with van der Waals surface area (Å²) in [5, 5.41) is 2.30. The molecule has 1 aromatic heterocycles. The molecular weight excluding hydrogens is 418 g/mol. The highest BCUT2D eigenvalue weighted by molar-refractivity contribution is 7.13. The maximum Gasteiger partial charge on any atom is 0.302 e. The molecule has 0 spiro atoms. The third-order valence-electron chi connectivity index (χ3n) is 9.64. The first kappa shape index (κ1) is 22.4. The average molecular weight is 458 g/mol. The van der Waals surface area contributed by atoms with Crippen LogP contribution in [0.2, 0.25) is 0 Å². The van der Waals surface area contributed by atoms with Crippen molar-refractivity contribution in [1.29, 1.82) is 0 Å². The lowest BCUT2D eigenvalue weighted by Crippen LogP contribution is -2.50. The maximum atomic E-state index is 11.5. The van der Waals surface area contributed by atoms with E-state index in [2.05, 4.69) is 26.8 Å². The lowest BCUT2D eigenvalue weighted by atomic mass is 9.47. The first-order valence-corrected chi connectivity index (χ1v) is 13.6. The van der Waals surface area contributed by atoms with Gasteiger partial charge in [-0.1, -0.05) is 43.8 Å². The standard InChI is InChI=1S/C27H39NO3S/c1-5-14-30-24-16-28-25(32-24)23-9-8-21-20-7-6-18-15-19(31-17(2)29)10-12-26(18,3)22(20)11-13-27(21,23)4/h6,16,19-23H,5,7-15H2,1-4H3/t19-,20-,21-,22-,23+,26-,27-/m0/s1. The number of thiazole rings is 1. The number of aromatic nitrogens is 1. The summed E-state index contributed by atoms with van der Waals surface area (Å²) in [7, 11) is 0. The van der Waals surface area contributed by atoms with Crippen LogP contribution in [0.4, 0.5) is 0 Å². The average Bonchev–Trinajstić information content (AvgIpc) is 3.35. The van der Waals surface area contributed by atoms with Gasteiger partial charge in [0.25, 0.3) is 0 Å². The van der Waals surface area contributed by atoms with Crippen LogP contribution < -0.4 is 4.74 Å². The van der Waals surface area contributed by atoms with E-state index < -0.39 is 0 Å². The lowest BCUT2D eigenvalue weighted by molar-refractivity contribution is -0.148. The van der Waals surface area contributed by atoms with Gasteiger partial charge in [-0.05, 0) is 80.0 Å². The van der Waals surface area contributed by atoms with Crippen LogP contribution in [0, 0.1) is 28.6 Å². The molecule has 0 amide bonds. The number of fused-ring (bicyclic) bond motifs is 5. The van der Waals surface area contributed by atoms with Crippen LogP contribution in [0.25, 0.3) is 0 Å². The van der Waals surface area contributed by atoms with Crippen molar-refractivity contribution in [3.63, 3.8) is 0 Å². The summed E-state index contributed by atoms with van der Waals surface area (Å²) >= 11 is 1.79. The van der Waals surface area contributed by atoms with Crippen LogP contribution in [-0.2, 0) is 9.53 Å². The molecule has 0 aliphatic heterocycles. The van der Waals surface area contributed by atoms with Crippen LogP contribution >= 0.6 is 11.3 Å². The predicted octanol–water partition coefficient (Wildman–Crippen LogP) is 6.91. The zero-order valence-electron chi connectivity index (χ0n) is 20.2. The minimum absolute atomic E-state index is 0.0853. The van der Waals surface area contributed by atoms with Gasteiger partial charge in [-0.2, -0.15) is 0 Å². The molecule has 0 radical (unpaired) electrons. The molecule has 1 heterocycles. The molecule has 7 atom stereocenters. The monoisotopic (exact) mass is 457 g/mol. The Hall–Kier alpha value is -1.36. The molecule has 0 bridgehead atoms. The molecule has 3 saturated carbocycles. The van der Waals surface area contributed by atoms with Crippen LogP contribution in [0.1, 0.15) is 96.4 Å². The Bertz CT molecular complexity index is 893. The van der Waals surface area contributed by atoms with Crippen molar-refractivity contribution in [2.75, 3.05) is 6.61 Å². The van der Waals surface area contributed by atoms with E-state index in [1.807, 2.05) is 6.20 Å². The number of allylic oxidation sites excluding steroid dienone is 1. The van der Waals surface area contributed by atoms with Crippen LogP contribution in [0.5, 0.6) is 5.06 Å². The van der Waals surface area contributed by atoms with Gasteiger partial charge in [0.15, 0.2) is 5.06 Å². The van der Waals surface area contributed by atoms with Crippen LogP contribution in [0.15, 0.2) is 17.8 Å². The molecule has 0 saturated heterocycles. The Morgan fingerprint density at radius 2 is 2.03 bits per heavy atom. The van der Waals surface area contributed by atoms with E-state index in [0.717, 1.165) is 55.1 Å². The van der Waals surface area contributed by atoms with Gasteiger partial charge in [0, 0.05) is 19.3 Å². The number of hydrogen-bond acceptors (Lipinski definition) is 5. The summed E-state index contributed by atoms with van der Waals surface area (Å²) in [6, 6.07) is 0. The molecule has 176 valence electrons. The van der Waals surface area contributed by atoms with Gasteiger partial charge in [-0.3, -0.25) is 4.79 Å². The second-order valence-electron chi connectivity index (χ2n) is 11.3. The summed E-state index contributed by atoms with van der Waals surface area (Å²) in [6.07, 6.45) is 15.2. The molecular formula is C27H39NO3S. The number of carbonyl (C=O) groups excluding carboxylic acids is 1. The fourth-order valence-electron chi connectivity index (χ4n) is 8.07. The molecule has 32 heavy (non-hydrogen) atoms. The third-order valence-corrected chi connectivity index (χ3v) is 10.7. The largest absolute Gasteiger partial charge is 0.483 e. The summed E-state index contributed by atoms with van der Waals surface area (Å²) in [6.45, 7) is 9.56. The highest BCUT2D eigenvalue weighted by atomic mass is 32.1. The van der Waals surface area contributed by atoms with Crippen molar-refractivity contribution >= 4 is 17.3 Å². The quantitative estimate of drug-likeness (QED) is 0.356. The number of hydrogen-bond donors (Lipinski definition) is 0. The highest BCUT2D eigenvalue weighted by Crippen LogP contribution is 2.68. The molecule has 0 unspecified atom stereocenters. The number of ether oxygens (including phenoxy) is 2. The van der Waals surface area contributed by atoms with Crippen molar-refractivity contribution in [2.45, 2.75) is 97.5 Å². The van der Waals surface area contributed by atoms with Gasteiger partial charge in [0.05, 0.1) is 17.8 Å². The molecule has 5 rings (SSSR count). The zero-order chi connectivity index (χ0) is 22.5. The van der Waals surface area contributed by atoms with Crippen LogP contribution in [0.3, 0.4) is 0 Å². The van der Waals surface area contributed by atoms with E-state index in [4.69, 9.17) is 14.5 Å². The van der Waals surface area contributed by atoms with E-state index in [1.54, 1.807) is 23.8 Å². The number of rotatable bonds is 5. The van der Waals surface area contributed by atoms with E-state index >= 15 is 0 Å². The lowest BCUT2D eigenvalue weighted by Gasteiger charge is -2.58. The Balaban J connectivity index is 1.35. The molecule has 0 N–H and O–H groups in total. The SMILES string of the molecule is CCCOc1cnc([C@H]2CC[C@H]3[C@@H]4CC=C5C[C@@H](OC(C)=O)CC[C@]5(C)[C@H]4CC[C@]23C)s1. The summed E-state index contributed by atoms with van der Waals surface area (Å²) in [5.74, 6) is 2.79. The summed E-state index contributed by atoms with van der Waals surface area (Å²) in [4.78, 5) is 16.3. The van der Waals surface area contributed by atoms with E-state index in [1.165, 1.54) is 37.1 Å². The highest BCUT2D eigenvalue weighted by Gasteiger charge is 2.59. The molecule has 4 aliphatic rings.